The van der Waals surface area contributed by atoms with Crippen molar-refractivity contribution in [1.29, 1.82) is 0 Å². The highest BCUT2D eigenvalue weighted by Crippen LogP contribution is 2.30. The van der Waals surface area contributed by atoms with Gasteiger partial charge in [0.2, 0.25) is 0 Å². The Morgan fingerprint density at radius 1 is 0.879 bits per heavy atom. The molecular weight excluding hydrogens is 406 g/mol. The van der Waals surface area contributed by atoms with Crippen LogP contribution in [0.5, 0.6) is 0 Å². The Hall–Kier alpha value is -2.66. The molecule has 5 nitrogen and oxygen atoms in total. The number of rotatable bonds is 13. The topological polar surface area (TPSA) is 37.2 Å². The Labute approximate surface area is 200 Å². The molecule has 0 spiro atoms. The third kappa shape index (κ3) is 7.43. The minimum absolute atomic E-state index is 0.464. The average Bonchev–Trinajstić information content (AvgIpc) is 3.24. The number of benzene rings is 2. The van der Waals surface area contributed by atoms with Gasteiger partial charge in [0.05, 0.1) is 0 Å². The molecule has 0 bridgehead atoms. The Balaban J connectivity index is 1.62. The van der Waals surface area contributed by atoms with E-state index >= 15 is 0 Å². The molecule has 0 saturated heterocycles. The maximum Gasteiger partial charge on any atom is 0.138 e. The van der Waals surface area contributed by atoms with Crippen LogP contribution in [0.3, 0.4) is 0 Å². The van der Waals surface area contributed by atoms with Gasteiger partial charge in [0.1, 0.15) is 12.2 Å². The molecule has 2 aromatic carbocycles. The SMILES string of the molecule is CC(Cc1ncnn1CCCN(c1ccccc1)C(C)C)C(CCN(C)C)c1ccccc1. The summed E-state index contributed by atoms with van der Waals surface area (Å²) in [6, 6.07) is 22.1. The van der Waals surface area contributed by atoms with Gasteiger partial charge in [-0.05, 0) is 76.9 Å². The third-order valence-corrected chi connectivity index (χ3v) is 6.48. The van der Waals surface area contributed by atoms with Crippen LogP contribution in [0.15, 0.2) is 67.0 Å². The predicted octanol–water partition coefficient (Wildman–Crippen LogP) is 5.50. The molecule has 3 aromatic rings. The second kappa shape index (κ2) is 12.5. The molecular formula is C28H41N5. The van der Waals surface area contributed by atoms with Crippen LogP contribution in [0.4, 0.5) is 5.69 Å². The molecule has 1 heterocycles. The molecule has 0 aliphatic rings. The molecule has 33 heavy (non-hydrogen) atoms. The van der Waals surface area contributed by atoms with Crippen LogP contribution in [0.25, 0.3) is 0 Å². The molecule has 0 radical (unpaired) electrons. The van der Waals surface area contributed by atoms with Gasteiger partial charge in [-0.15, -0.1) is 0 Å². The van der Waals surface area contributed by atoms with E-state index in [9.17, 15) is 0 Å². The van der Waals surface area contributed by atoms with Gasteiger partial charge in [-0.3, -0.25) is 4.68 Å². The van der Waals surface area contributed by atoms with Gasteiger partial charge < -0.3 is 9.80 Å². The van der Waals surface area contributed by atoms with Crippen molar-refractivity contribution in [2.75, 3.05) is 32.1 Å². The van der Waals surface area contributed by atoms with E-state index in [1.807, 2.05) is 0 Å². The summed E-state index contributed by atoms with van der Waals surface area (Å²) in [5, 5.41) is 4.57. The first-order chi connectivity index (χ1) is 16.0. The Morgan fingerprint density at radius 3 is 2.18 bits per heavy atom. The van der Waals surface area contributed by atoms with Crippen molar-refractivity contribution in [3.8, 4) is 0 Å². The van der Waals surface area contributed by atoms with Gasteiger partial charge >= 0.3 is 0 Å². The fraction of sp³-hybridized carbons (Fsp3) is 0.500. The summed E-state index contributed by atoms with van der Waals surface area (Å²) in [5.41, 5.74) is 2.71. The Bertz CT molecular complexity index is 920. The minimum Gasteiger partial charge on any atom is -0.369 e. The quantitative estimate of drug-likeness (QED) is 0.347. The molecule has 0 aliphatic heterocycles. The first kappa shape index (κ1) is 25.0. The first-order valence-electron chi connectivity index (χ1n) is 12.3. The lowest BCUT2D eigenvalue weighted by molar-refractivity contribution is 0.337. The number of aryl methyl sites for hydroxylation is 1. The van der Waals surface area contributed by atoms with Crippen molar-refractivity contribution in [1.82, 2.24) is 19.7 Å². The highest BCUT2D eigenvalue weighted by molar-refractivity contribution is 5.46. The van der Waals surface area contributed by atoms with E-state index in [0.29, 0.717) is 17.9 Å². The zero-order valence-electron chi connectivity index (χ0n) is 21.1. The number of aromatic nitrogens is 3. The van der Waals surface area contributed by atoms with Crippen molar-refractivity contribution in [2.45, 2.75) is 58.5 Å². The first-order valence-corrected chi connectivity index (χ1v) is 12.3. The van der Waals surface area contributed by atoms with Crippen molar-refractivity contribution in [3.63, 3.8) is 0 Å². The van der Waals surface area contributed by atoms with Crippen molar-refractivity contribution < 1.29 is 0 Å². The standard InChI is InChI=1S/C28H41N5/c1-23(2)32(26-15-10-7-11-16-26)18-12-19-33-28(29-22-30-33)21-24(3)27(17-20-31(4)5)25-13-8-6-9-14-25/h6-11,13-16,22-24,27H,12,17-21H2,1-5H3. The van der Waals surface area contributed by atoms with Crippen LogP contribution >= 0.6 is 0 Å². The molecule has 0 aliphatic carbocycles. The lowest BCUT2D eigenvalue weighted by atomic mass is 9.82. The Kier molecular flexibility index (Phi) is 9.49. The molecule has 5 heteroatoms. The van der Waals surface area contributed by atoms with E-state index in [1.54, 1.807) is 6.33 Å². The lowest BCUT2D eigenvalue weighted by Crippen LogP contribution is -2.32. The van der Waals surface area contributed by atoms with E-state index in [1.165, 1.54) is 11.3 Å². The predicted molar refractivity (Wildman–Crippen MR) is 139 cm³/mol. The molecule has 0 N–H and O–H groups in total. The van der Waals surface area contributed by atoms with Crippen LogP contribution in [-0.4, -0.2) is 52.9 Å². The molecule has 3 rings (SSSR count). The van der Waals surface area contributed by atoms with Gasteiger partial charge in [0, 0.05) is 31.2 Å². The van der Waals surface area contributed by atoms with E-state index in [4.69, 9.17) is 0 Å². The van der Waals surface area contributed by atoms with Crippen molar-refractivity contribution in [2.24, 2.45) is 5.92 Å². The number of nitrogens with zero attached hydrogens (tertiary/aromatic N) is 5. The summed E-state index contributed by atoms with van der Waals surface area (Å²) < 4.78 is 2.12. The largest absolute Gasteiger partial charge is 0.369 e. The summed E-state index contributed by atoms with van der Waals surface area (Å²) in [6.07, 6.45) is 4.85. The van der Waals surface area contributed by atoms with Crippen molar-refractivity contribution in [3.05, 3.63) is 78.4 Å². The highest BCUT2D eigenvalue weighted by atomic mass is 15.3. The molecule has 0 fully saturated rings. The monoisotopic (exact) mass is 447 g/mol. The van der Waals surface area contributed by atoms with Crippen LogP contribution in [0.2, 0.25) is 0 Å². The van der Waals surface area contributed by atoms with Crippen molar-refractivity contribution >= 4 is 5.69 Å². The highest BCUT2D eigenvalue weighted by Gasteiger charge is 2.22. The zero-order valence-corrected chi connectivity index (χ0v) is 21.1. The summed E-state index contributed by atoms with van der Waals surface area (Å²) in [6.45, 7) is 9.86. The van der Waals surface area contributed by atoms with Gasteiger partial charge in [-0.25, -0.2) is 4.98 Å². The number of anilines is 1. The normalized spacial score (nSPS) is 13.4. The van der Waals surface area contributed by atoms with Crippen LogP contribution < -0.4 is 4.90 Å². The fourth-order valence-electron chi connectivity index (χ4n) is 4.64. The zero-order chi connectivity index (χ0) is 23.6. The smallest absolute Gasteiger partial charge is 0.138 e. The third-order valence-electron chi connectivity index (χ3n) is 6.48. The molecule has 0 saturated carbocycles. The molecule has 2 unspecified atom stereocenters. The molecule has 2 atom stereocenters. The number of hydrogen-bond acceptors (Lipinski definition) is 4. The summed E-state index contributed by atoms with van der Waals surface area (Å²) in [5.74, 6) is 2.10. The molecule has 0 amide bonds. The van der Waals surface area contributed by atoms with E-state index < -0.39 is 0 Å². The van der Waals surface area contributed by atoms with Gasteiger partial charge in [0.15, 0.2) is 0 Å². The average molecular weight is 448 g/mol. The summed E-state index contributed by atoms with van der Waals surface area (Å²) >= 11 is 0. The second-order valence-electron chi connectivity index (χ2n) is 9.67. The molecule has 178 valence electrons. The fourth-order valence-corrected chi connectivity index (χ4v) is 4.64. The second-order valence-corrected chi connectivity index (χ2v) is 9.67. The van der Waals surface area contributed by atoms with Gasteiger partial charge in [-0.1, -0.05) is 55.5 Å². The Morgan fingerprint density at radius 2 is 1.55 bits per heavy atom. The number of para-hydroxylation sites is 1. The molecule has 1 aromatic heterocycles. The maximum atomic E-state index is 4.65. The van der Waals surface area contributed by atoms with Gasteiger partial charge in [0.25, 0.3) is 0 Å². The maximum absolute atomic E-state index is 4.65. The van der Waals surface area contributed by atoms with E-state index in [0.717, 1.165) is 44.7 Å². The van der Waals surface area contributed by atoms with E-state index in [2.05, 4.69) is 120 Å². The lowest BCUT2D eigenvalue weighted by Gasteiger charge is -2.29. The van der Waals surface area contributed by atoms with Crippen LogP contribution in [0.1, 0.15) is 50.9 Å². The number of hydrogen-bond donors (Lipinski definition) is 0. The summed E-state index contributed by atoms with van der Waals surface area (Å²) in [4.78, 5) is 9.39. The van der Waals surface area contributed by atoms with E-state index in [-0.39, 0.29) is 0 Å². The van der Waals surface area contributed by atoms with Gasteiger partial charge in [-0.2, -0.15) is 5.10 Å². The van der Waals surface area contributed by atoms with Crippen LogP contribution in [-0.2, 0) is 13.0 Å². The van der Waals surface area contributed by atoms with Crippen LogP contribution in [0, 0.1) is 5.92 Å². The summed E-state index contributed by atoms with van der Waals surface area (Å²) in [7, 11) is 4.30. The minimum atomic E-state index is 0.464.